The van der Waals surface area contributed by atoms with Crippen LogP contribution in [0.3, 0.4) is 0 Å². The van der Waals surface area contributed by atoms with Crippen LogP contribution < -0.4 is 10.1 Å². The summed E-state index contributed by atoms with van der Waals surface area (Å²) in [6.45, 7) is 2.27. The number of nitrogens with zero attached hydrogens (tertiary/aromatic N) is 1. The standard InChI is InChI=1S/C21H18ClNO6.C5H9NO3S/c1-12-16(10-20(26)29-11-19(24)25)17-9-15(28-2)7-8-18(17)23(12)21(27)13-3-5-14(22)6-4-13;1-3(7)6-4(2-10)5(8)9/h3-9H,10-11H2,1-2H3,(H,24,25);4,10H,2H2,1H3,(H,6,7)(H,8,9). The van der Waals surface area contributed by atoms with Gasteiger partial charge in [-0.05, 0) is 55.0 Å². The van der Waals surface area contributed by atoms with Crippen LogP contribution in [0.25, 0.3) is 10.9 Å². The maximum absolute atomic E-state index is 13.2. The molecule has 0 radical (unpaired) electrons. The maximum atomic E-state index is 13.2. The Bertz CT molecular complexity index is 1390. The first kappa shape index (κ1) is 31.2. The van der Waals surface area contributed by atoms with Crippen LogP contribution in [0.1, 0.15) is 28.5 Å². The minimum atomic E-state index is -1.24. The van der Waals surface area contributed by atoms with Crippen LogP contribution in [0.4, 0.5) is 0 Å². The molecule has 1 aromatic heterocycles. The van der Waals surface area contributed by atoms with Gasteiger partial charge in [0, 0.05) is 34.3 Å². The minimum Gasteiger partial charge on any atom is -0.497 e. The highest BCUT2D eigenvalue weighted by Gasteiger charge is 2.23. The molecule has 3 N–H and O–H groups in total. The first-order valence-electron chi connectivity index (χ1n) is 11.4. The van der Waals surface area contributed by atoms with E-state index in [-0.39, 0.29) is 24.0 Å². The number of hydrogen-bond donors (Lipinski definition) is 4. The summed E-state index contributed by atoms with van der Waals surface area (Å²) in [5.41, 5.74) is 2.16. The Balaban J connectivity index is 0.000000455. The van der Waals surface area contributed by atoms with E-state index in [0.29, 0.717) is 38.5 Å². The predicted octanol–water partition coefficient (Wildman–Crippen LogP) is 2.98. The summed E-state index contributed by atoms with van der Waals surface area (Å²) in [5.74, 6) is -2.97. The highest BCUT2D eigenvalue weighted by molar-refractivity contribution is 7.80. The Labute approximate surface area is 234 Å². The van der Waals surface area contributed by atoms with Gasteiger partial charge in [0.05, 0.1) is 19.0 Å². The van der Waals surface area contributed by atoms with E-state index in [1.165, 1.54) is 18.6 Å². The van der Waals surface area contributed by atoms with Crippen molar-refractivity contribution in [3.63, 3.8) is 0 Å². The summed E-state index contributed by atoms with van der Waals surface area (Å²) in [6, 6.07) is 10.8. The van der Waals surface area contributed by atoms with Gasteiger partial charge < -0.3 is 25.0 Å². The van der Waals surface area contributed by atoms with Gasteiger partial charge in [0.25, 0.3) is 5.91 Å². The van der Waals surface area contributed by atoms with Crippen molar-refractivity contribution in [2.75, 3.05) is 19.5 Å². The van der Waals surface area contributed by atoms with Gasteiger partial charge in [0.15, 0.2) is 6.61 Å². The molecule has 3 rings (SSSR count). The maximum Gasteiger partial charge on any atom is 0.341 e. The lowest BCUT2D eigenvalue weighted by molar-refractivity contribution is -0.154. The lowest BCUT2D eigenvalue weighted by Gasteiger charge is -2.08. The number of halogens is 1. The molecular weight excluding hydrogens is 552 g/mol. The van der Waals surface area contributed by atoms with E-state index in [9.17, 15) is 24.0 Å². The second-order valence-corrected chi connectivity index (χ2v) is 8.90. The minimum absolute atomic E-state index is 0.106. The first-order valence-corrected chi connectivity index (χ1v) is 12.4. The first-order chi connectivity index (χ1) is 18.4. The molecule has 0 fully saturated rings. The third kappa shape index (κ3) is 8.48. The van der Waals surface area contributed by atoms with Gasteiger partial charge in [-0.15, -0.1) is 0 Å². The van der Waals surface area contributed by atoms with Gasteiger partial charge in [0.1, 0.15) is 11.8 Å². The van der Waals surface area contributed by atoms with Crippen molar-refractivity contribution in [3.05, 3.63) is 64.3 Å². The van der Waals surface area contributed by atoms with Crippen LogP contribution in [0.5, 0.6) is 5.75 Å². The van der Waals surface area contributed by atoms with Gasteiger partial charge in [-0.1, -0.05) is 11.6 Å². The number of thiol groups is 1. The van der Waals surface area contributed by atoms with E-state index in [4.69, 9.17) is 31.3 Å². The largest absolute Gasteiger partial charge is 0.497 e. The van der Waals surface area contributed by atoms with Gasteiger partial charge >= 0.3 is 17.9 Å². The van der Waals surface area contributed by atoms with Gasteiger partial charge in [-0.3, -0.25) is 19.0 Å². The van der Waals surface area contributed by atoms with Crippen LogP contribution in [-0.4, -0.2) is 70.0 Å². The molecule has 0 saturated carbocycles. The number of hydrogen-bond acceptors (Lipinski definition) is 8. The van der Waals surface area contributed by atoms with Gasteiger partial charge in [-0.25, -0.2) is 9.59 Å². The van der Waals surface area contributed by atoms with Crippen molar-refractivity contribution in [1.82, 2.24) is 9.88 Å². The number of methoxy groups -OCH3 is 1. The summed E-state index contributed by atoms with van der Waals surface area (Å²) in [6.07, 6.45) is -0.177. The molecule has 0 saturated heterocycles. The number of aromatic nitrogens is 1. The topological polar surface area (TPSA) is 161 Å². The Kier molecular flexibility index (Phi) is 11.4. The lowest BCUT2D eigenvalue weighted by Crippen LogP contribution is -2.40. The van der Waals surface area contributed by atoms with Crippen molar-refractivity contribution in [2.24, 2.45) is 0 Å². The summed E-state index contributed by atoms with van der Waals surface area (Å²) in [5, 5.41) is 20.4. The SMILES string of the molecule is CC(=O)NC(CS)C(=O)O.COc1ccc2c(c1)c(CC(=O)OCC(=O)O)c(C)n2C(=O)c1ccc(Cl)cc1. The fourth-order valence-corrected chi connectivity index (χ4v) is 3.94. The smallest absolute Gasteiger partial charge is 0.341 e. The zero-order valence-corrected chi connectivity index (χ0v) is 22.9. The number of carbonyl (C=O) groups is 5. The van der Waals surface area contributed by atoms with Crippen molar-refractivity contribution in [2.45, 2.75) is 26.3 Å². The van der Waals surface area contributed by atoms with Crippen LogP contribution in [0.2, 0.25) is 5.02 Å². The normalized spacial score (nSPS) is 11.1. The number of esters is 1. The zero-order chi connectivity index (χ0) is 29.3. The fourth-order valence-electron chi connectivity index (χ4n) is 3.56. The highest BCUT2D eigenvalue weighted by atomic mass is 35.5. The van der Waals surface area contributed by atoms with E-state index in [1.807, 2.05) is 0 Å². The average Bonchev–Trinajstić information content (AvgIpc) is 3.16. The quantitative estimate of drug-likeness (QED) is 0.221. The third-order valence-electron chi connectivity index (χ3n) is 5.37. The molecule has 3 aromatic rings. The fraction of sp³-hybridized carbons (Fsp3) is 0.269. The lowest BCUT2D eigenvalue weighted by atomic mass is 10.1. The zero-order valence-electron chi connectivity index (χ0n) is 21.3. The van der Waals surface area contributed by atoms with Crippen molar-refractivity contribution < 1.29 is 43.7 Å². The van der Waals surface area contributed by atoms with E-state index < -0.39 is 30.6 Å². The molecule has 2 aromatic carbocycles. The van der Waals surface area contributed by atoms with Gasteiger partial charge in [0.2, 0.25) is 5.91 Å². The molecule has 1 amide bonds. The number of carbonyl (C=O) groups excluding carboxylic acids is 3. The number of nitrogens with one attached hydrogen (secondary N) is 1. The molecule has 0 bridgehead atoms. The summed E-state index contributed by atoms with van der Waals surface area (Å²) < 4.78 is 11.5. The Morgan fingerprint density at radius 2 is 1.72 bits per heavy atom. The summed E-state index contributed by atoms with van der Waals surface area (Å²) in [7, 11) is 1.52. The number of ether oxygens (including phenoxy) is 2. The number of amides is 1. The summed E-state index contributed by atoms with van der Waals surface area (Å²) in [4.78, 5) is 56.4. The molecule has 0 spiro atoms. The number of carboxylic acids is 2. The Morgan fingerprint density at radius 3 is 2.21 bits per heavy atom. The van der Waals surface area contributed by atoms with Crippen LogP contribution in [-0.2, 0) is 30.3 Å². The van der Waals surface area contributed by atoms with Crippen molar-refractivity contribution in [1.29, 1.82) is 0 Å². The molecule has 13 heteroatoms. The molecule has 1 atom stereocenters. The Morgan fingerprint density at radius 1 is 1.08 bits per heavy atom. The number of carboxylic acid groups (broad SMARTS) is 2. The monoisotopic (exact) mass is 578 g/mol. The molecule has 0 aliphatic heterocycles. The van der Waals surface area contributed by atoms with Crippen LogP contribution in [0, 0.1) is 6.92 Å². The van der Waals surface area contributed by atoms with Crippen LogP contribution in [0.15, 0.2) is 42.5 Å². The molecule has 0 aliphatic rings. The second kappa shape index (κ2) is 14.2. The second-order valence-electron chi connectivity index (χ2n) is 8.10. The number of fused-ring (bicyclic) bond motifs is 1. The van der Waals surface area contributed by atoms with E-state index >= 15 is 0 Å². The van der Waals surface area contributed by atoms with Crippen LogP contribution >= 0.6 is 24.2 Å². The highest BCUT2D eigenvalue weighted by Crippen LogP contribution is 2.31. The van der Waals surface area contributed by atoms with Gasteiger partial charge in [-0.2, -0.15) is 12.6 Å². The molecule has 1 unspecified atom stereocenters. The number of benzene rings is 2. The molecule has 208 valence electrons. The predicted molar refractivity (Wildman–Crippen MR) is 146 cm³/mol. The number of aliphatic carboxylic acids is 2. The third-order valence-corrected chi connectivity index (χ3v) is 5.99. The molecule has 11 nitrogen and oxygen atoms in total. The van der Waals surface area contributed by atoms with E-state index in [2.05, 4.69) is 17.9 Å². The van der Waals surface area contributed by atoms with E-state index in [0.717, 1.165) is 0 Å². The van der Waals surface area contributed by atoms with Crippen molar-refractivity contribution in [3.8, 4) is 5.75 Å². The van der Waals surface area contributed by atoms with Crippen molar-refractivity contribution >= 4 is 64.9 Å². The summed E-state index contributed by atoms with van der Waals surface area (Å²) >= 11 is 9.64. The average molecular weight is 579 g/mol. The Hall–Kier alpha value is -4.03. The molecule has 39 heavy (non-hydrogen) atoms. The molecular formula is C26H27ClN2O9S. The van der Waals surface area contributed by atoms with E-state index in [1.54, 1.807) is 49.4 Å². The molecule has 1 heterocycles. The number of rotatable bonds is 9. The molecule has 0 aliphatic carbocycles.